The van der Waals surface area contributed by atoms with Crippen molar-refractivity contribution in [2.24, 2.45) is 0 Å². The van der Waals surface area contributed by atoms with Gasteiger partial charge in [-0.25, -0.2) is 4.98 Å². The van der Waals surface area contributed by atoms with Gasteiger partial charge in [0.1, 0.15) is 0 Å². The number of imidazole rings is 1. The number of thioether (sulfide) groups is 1. The molecular formula is C17H11F3N4OS2. The molecule has 0 spiro atoms. The molecule has 1 amide bonds. The zero-order valence-electron chi connectivity index (χ0n) is 13.5. The number of carbonyl (C=O) groups is 1. The maximum atomic E-state index is 13.0. The van der Waals surface area contributed by atoms with E-state index in [-0.39, 0.29) is 11.4 Å². The Morgan fingerprint density at radius 2 is 1.89 bits per heavy atom. The van der Waals surface area contributed by atoms with E-state index in [9.17, 15) is 18.0 Å². The lowest BCUT2D eigenvalue weighted by molar-refractivity contribution is -0.137. The van der Waals surface area contributed by atoms with Gasteiger partial charge in [0.25, 0.3) is 0 Å². The van der Waals surface area contributed by atoms with E-state index in [1.807, 2.05) is 28.7 Å². The van der Waals surface area contributed by atoms with E-state index >= 15 is 0 Å². The van der Waals surface area contributed by atoms with Crippen LogP contribution >= 0.6 is 23.3 Å². The average molecular weight is 408 g/mol. The molecule has 4 rings (SSSR count). The zero-order valence-corrected chi connectivity index (χ0v) is 15.2. The van der Waals surface area contributed by atoms with Gasteiger partial charge in [-0.2, -0.15) is 17.5 Å². The van der Waals surface area contributed by atoms with Crippen LogP contribution in [0.25, 0.3) is 16.0 Å². The van der Waals surface area contributed by atoms with E-state index in [1.165, 1.54) is 29.7 Å². The Morgan fingerprint density at radius 1 is 1.15 bits per heavy atom. The van der Waals surface area contributed by atoms with E-state index < -0.39 is 17.6 Å². The number of amides is 1. The summed E-state index contributed by atoms with van der Waals surface area (Å²) >= 11 is 2.35. The smallest absolute Gasteiger partial charge is 0.325 e. The predicted molar refractivity (Wildman–Crippen MR) is 99.2 cm³/mol. The summed E-state index contributed by atoms with van der Waals surface area (Å²) in [7, 11) is 0. The highest BCUT2D eigenvalue weighted by Crippen LogP contribution is 2.34. The van der Waals surface area contributed by atoms with Crippen molar-refractivity contribution in [3.63, 3.8) is 0 Å². The molecule has 27 heavy (non-hydrogen) atoms. The van der Waals surface area contributed by atoms with Crippen molar-refractivity contribution < 1.29 is 18.0 Å². The number of para-hydroxylation sites is 3. The van der Waals surface area contributed by atoms with Crippen LogP contribution in [0, 0.1) is 0 Å². The molecule has 138 valence electrons. The molecule has 10 heteroatoms. The molecule has 0 aliphatic carbocycles. The highest BCUT2D eigenvalue weighted by Gasteiger charge is 2.33. The second-order valence-corrected chi connectivity index (χ2v) is 7.24. The molecule has 0 saturated carbocycles. The van der Waals surface area contributed by atoms with Crippen LogP contribution in [-0.4, -0.2) is 25.4 Å². The molecule has 2 aromatic heterocycles. The monoisotopic (exact) mass is 408 g/mol. The Balaban J connectivity index is 1.52. The first-order valence-corrected chi connectivity index (χ1v) is 9.51. The fraction of sp³-hybridized carbons (Fsp3) is 0.118. The summed E-state index contributed by atoms with van der Waals surface area (Å²) in [6, 6.07) is 12.4. The summed E-state index contributed by atoms with van der Waals surface area (Å²) in [5, 5.41) is 2.90. The lowest BCUT2D eigenvalue weighted by Crippen LogP contribution is -2.18. The van der Waals surface area contributed by atoms with E-state index in [0.717, 1.165) is 28.9 Å². The van der Waals surface area contributed by atoms with Gasteiger partial charge in [-0.15, -0.1) is 0 Å². The van der Waals surface area contributed by atoms with E-state index in [1.54, 1.807) is 0 Å². The van der Waals surface area contributed by atoms with Crippen LogP contribution in [0.1, 0.15) is 5.56 Å². The summed E-state index contributed by atoms with van der Waals surface area (Å²) in [6.07, 6.45) is -4.53. The Labute approximate surface area is 159 Å². The molecule has 0 bridgehead atoms. The topological polar surface area (TPSA) is 59.3 Å². The third-order valence-electron chi connectivity index (χ3n) is 3.77. The van der Waals surface area contributed by atoms with E-state index in [4.69, 9.17) is 0 Å². The number of anilines is 1. The third-order valence-corrected chi connectivity index (χ3v) is 5.52. The molecule has 2 aromatic carbocycles. The predicted octanol–water partition coefficient (Wildman–Crippen LogP) is 4.69. The second kappa shape index (κ2) is 6.86. The van der Waals surface area contributed by atoms with E-state index in [2.05, 4.69) is 14.7 Å². The summed E-state index contributed by atoms with van der Waals surface area (Å²) in [4.78, 5) is 17.3. The molecule has 2 heterocycles. The number of alkyl halides is 3. The maximum absolute atomic E-state index is 13.0. The van der Waals surface area contributed by atoms with Crippen LogP contribution in [0.15, 0.2) is 53.7 Å². The maximum Gasteiger partial charge on any atom is 0.418 e. The number of fused-ring (bicyclic) bond motifs is 3. The number of hydrogen-bond acceptors (Lipinski definition) is 5. The highest BCUT2D eigenvalue weighted by molar-refractivity contribution is 7.99. The van der Waals surface area contributed by atoms with Gasteiger partial charge >= 0.3 is 6.18 Å². The number of benzene rings is 2. The Morgan fingerprint density at radius 3 is 2.70 bits per heavy atom. The number of halogens is 3. The third kappa shape index (κ3) is 3.50. The Kier molecular flexibility index (Phi) is 4.52. The van der Waals surface area contributed by atoms with Gasteiger partial charge in [-0.05, 0) is 24.3 Å². The van der Waals surface area contributed by atoms with Crippen molar-refractivity contribution in [2.75, 3.05) is 11.1 Å². The molecule has 0 unspecified atom stereocenters. The molecule has 0 radical (unpaired) electrons. The quantitative estimate of drug-likeness (QED) is 0.498. The number of rotatable bonds is 4. The van der Waals surface area contributed by atoms with Gasteiger partial charge < -0.3 is 5.32 Å². The van der Waals surface area contributed by atoms with Gasteiger partial charge in [-0.3, -0.25) is 9.20 Å². The number of carbonyl (C=O) groups excluding carboxylic acids is 1. The van der Waals surface area contributed by atoms with Crippen molar-refractivity contribution in [1.82, 2.24) is 13.8 Å². The Bertz CT molecular complexity index is 1140. The Hall–Kier alpha value is -2.59. The summed E-state index contributed by atoms with van der Waals surface area (Å²) < 4.78 is 45.2. The van der Waals surface area contributed by atoms with Crippen LogP contribution in [0.4, 0.5) is 18.9 Å². The fourth-order valence-electron chi connectivity index (χ4n) is 2.62. The molecule has 0 aliphatic rings. The number of nitrogens with zero attached hydrogens (tertiary/aromatic N) is 3. The zero-order chi connectivity index (χ0) is 19.0. The van der Waals surface area contributed by atoms with Crippen LogP contribution in [-0.2, 0) is 11.0 Å². The number of nitrogens with one attached hydrogen (secondary N) is 1. The number of hydrogen-bond donors (Lipinski definition) is 1. The van der Waals surface area contributed by atoms with Crippen LogP contribution in [0.5, 0.6) is 0 Å². The average Bonchev–Trinajstić information content (AvgIpc) is 3.18. The van der Waals surface area contributed by atoms with Crippen LogP contribution in [0.2, 0.25) is 0 Å². The van der Waals surface area contributed by atoms with Crippen molar-refractivity contribution in [3.05, 3.63) is 54.1 Å². The normalized spacial score (nSPS) is 12.0. The molecule has 0 fully saturated rings. The molecule has 0 saturated heterocycles. The molecule has 0 aliphatic heterocycles. The van der Waals surface area contributed by atoms with Gasteiger partial charge in [0, 0.05) is 11.5 Å². The van der Waals surface area contributed by atoms with Crippen molar-refractivity contribution >= 4 is 50.9 Å². The van der Waals surface area contributed by atoms with Gasteiger partial charge in [0.15, 0.2) is 5.16 Å². The van der Waals surface area contributed by atoms with Gasteiger partial charge in [0.05, 0.1) is 28.0 Å². The van der Waals surface area contributed by atoms with Crippen molar-refractivity contribution in [3.8, 4) is 0 Å². The largest absolute Gasteiger partial charge is 0.418 e. The first-order valence-electron chi connectivity index (χ1n) is 7.75. The van der Waals surface area contributed by atoms with E-state index in [0.29, 0.717) is 10.1 Å². The minimum Gasteiger partial charge on any atom is -0.325 e. The molecule has 5 nitrogen and oxygen atoms in total. The fourth-order valence-corrected chi connectivity index (χ4v) is 4.29. The summed E-state index contributed by atoms with van der Waals surface area (Å²) in [5.41, 5.74) is 0.551. The highest BCUT2D eigenvalue weighted by atomic mass is 32.2. The van der Waals surface area contributed by atoms with Crippen LogP contribution in [0.3, 0.4) is 0 Å². The minimum atomic E-state index is -4.53. The second-order valence-electron chi connectivity index (χ2n) is 5.56. The van der Waals surface area contributed by atoms with Crippen LogP contribution < -0.4 is 5.32 Å². The first-order chi connectivity index (χ1) is 12.9. The van der Waals surface area contributed by atoms with Crippen molar-refractivity contribution in [2.45, 2.75) is 11.3 Å². The van der Waals surface area contributed by atoms with Gasteiger partial charge in [-0.1, -0.05) is 36.0 Å². The lowest BCUT2D eigenvalue weighted by Gasteiger charge is -2.13. The molecule has 4 aromatic rings. The van der Waals surface area contributed by atoms with Crippen molar-refractivity contribution in [1.29, 1.82) is 0 Å². The standard InChI is InChI=1S/C17H11F3N4OS2/c18-17(19,20)10-5-1-2-6-11(10)21-14(25)9-26-16-23-27-15-22-12-7-3-4-8-13(12)24(15)16/h1-8H,9H2,(H,21,25). The molecule has 1 N–H and O–H groups in total. The molecule has 0 atom stereocenters. The first kappa shape index (κ1) is 17.8. The summed E-state index contributed by atoms with van der Waals surface area (Å²) in [5.74, 6) is -0.611. The van der Waals surface area contributed by atoms with Gasteiger partial charge in [0.2, 0.25) is 10.9 Å². The SMILES string of the molecule is O=C(CSc1nsc2nc3ccccc3n12)Nc1ccccc1C(F)(F)F. The summed E-state index contributed by atoms with van der Waals surface area (Å²) in [6.45, 7) is 0. The lowest BCUT2D eigenvalue weighted by atomic mass is 10.1. The molecular weight excluding hydrogens is 397 g/mol. The minimum absolute atomic E-state index is 0.0719. The number of aromatic nitrogens is 3.